The lowest BCUT2D eigenvalue weighted by molar-refractivity contribution is -0.878. The average Bonchev–Trinajstić information content (AvgIpc) is 3.00. The minimum Gasteiger partial charge on any atom is -0.334 e. The van der Waals surface area contributed by atoms with Gasteiger partial charge >= 0.3 is 0 Å². The van der Waals surface area contributed by atoms with Gasteiger partial charge in [-0.3, -0.25) is 0 Å². The molecule has 120 valence electrons. The van der Waals surface area contributed by atoms with Gasteiger partial charge in [0.25, 0.3) is 0 Å². The molecule has 1 saturated carbocycles. The number of hydrogen-bond acceptors (Lipinski definition) is 5. The number of nitrogens with zero attached hydrogens (tertiary/aromatic N) is 3. The van der Waals surface area contributed by atoms with Crippen LogP contribution in [0.1, 0.15) is 15.7 Å². The molecule has 0 radical (unpaired) electrons. The Balaban J connectivity index is 2.26. The molecule has 2 N–H and O–H groups in total. The standard InChI is InChI=1S/C18H17N5S/c1-11-3-4-15(24-11)16-14-8-23(2)6-5-12(14)13(7-19)17(22)18(16,9-20)10-21/h3-5,13-14,16,22H,6,8H2,1-2H3/p+1/t13-,14-,16-/m1/s1. The van der Waals surface area contributed by atoms with Crippen molar-refractivity contribution in [2.24, 2.45) is 17.3 Å². The number of fused-ring (bicyclic) bond motifs is 1. The second kappa shape index (κ2) is 5.87. The zero-order valence-electron chi connectivity index (χ0n) is 13.6. The molecule has 0 saturated heterocycles. The van der Waals surface area contributed by atoms with Crippen molar-refractivity contribution in [3.63, 3.8) is 0 Å². The van der Waals surface area contributed by atoms with Gasteiger partial charge in [-0.2, -0.15) is 15.8 Å². The molecule has 1 aromatic rings. The maximum Gasteiger partial charge on any atom is 0.190 e. The summed E-state index contributed by atoms with van der Waals surface area (Å²) in [5.74, 6) is -1.21. The van der Waals surface area contributed by atoms with Gasteiger partial charge in [-0.1, -0.05) is 0 Å². The molecular weight excluding hydrogens is 318 g/mol. The Morgan fingerprint density at radius 2 is 2.00 bits per heavy atom. The smallest absolute Gasteiger partial charge is 0.190 e. The molecule has 1 aromatic heterocycles. The lowest BCUT2D eigenvalue weighted by atomic mass is 9.55. The minimum atomic E-state index is -1.57. The fraction of sp³-hybridized carbons (Fsp3) is 0.444. The van der Waals surface area contributed by atoms with Crippen molar-refractivity contribution in [1.82, 2.24) is 0 Å². The van der Waals surface area contributed by atoms with E-state index in [-0.39, 0.29) is 17.5 Å². The second-order valence-corrected chi connectivity index (χ2v) is 7.93. The molecular formula is C18H18N5S+. The fourth-order valence-corrected chi connectivity index (χ4v) is 5.09. The molecule has 24 heavy (non-hydrogen) atoms. The van der Waals surface area contributed by atoms with Crippen LogP contribution < -0.4 is 4.90 Å². The van der Waals surface area contributed by atoms with Crippen LogP contribution in [0.3, 0.4) is 0 Å². The topological polar surface area (TPSA) is 99.7 Å². The van der Waals surface area contributed by atoms with Crippen LogP contribution in [0.25, 0.3) is 0 Å². The monoisotopic (exact) mass is 336 g/mol. The van der Waals surface area contributed by atoms with Crippen LogP contribution in [0.4, 0.5) is 0 Å². The van der Waals surface area contributed by atoms with E-state index in [1.54, 1.807) is 11.3 Å². The third-order valence-corrected chi connectivity index (χ3v) is 6.23. The van der Waals surface area contributed by atoms with Gasteiger partial charge in [0.05, 0.1) is 44.1 Å². The van der Waals surface area contributed by atoms with Crippen LogP contribution in [0.5, 0.6) is 0 Å². The summed E-state index contributed by atoms with van der Waals surface area (Å²) in [6.45, 7) is 3.57. The highest BCUT2D eigenvalue weighted by atomic mass is 32.1. The Kier molecular flexibility index (Phi) is 4.01. The first-order valence-corrected chi connectivity index (χ1v) is 8.68. The van der Waals surface area contributed by atoms with Crippen LogP contribution in [-0.2, 0) is 0 Å². The number of quaternary nitrogens is 1. The zero-order chi connectivity index (χ0) is 17.5. The SMILES string of the molecule is Cc1ccc([C@H]2[C@@H]3C[NH+](C)CC=C3[C@@H](C#N)C(=N)C2(C#N)C#N)s1. The lowest BCUT2D eigenvalue weighted by Gasteiger charge is -2.45. The highest BCUT2D eigenvalue weighted by Crippen LogP contribution is 2.53. The molecule has 0 aromatic carbocycles. The van der Waals surface area contributed by atoms with E-state index in [1.165, 1.54) is 4.90 Å². The fourth-order valence-electron chi connectivity index (χ4n) is 3.98. The van der Waals surface area contributed by atoms with Gasteiger partial charge in [0, 0.05) is 21.6 Å². The summed E-state index contributed by atoms with van der Waals surface area (Å²) >= 11 is 1.58. The number of nitrogens with one attached hydrogen (secondary N) is 2. The molecule has 4 atom stereocenters. The molecule has 2 aliphatic rings. The molecule has 6 heteroatoms. The first kappa shape index (κ1) is 16.4. The van der Waals surface area contributed by atoms with Crippen LogP contribution in [0, 0.1) is 63.6 Å². The molecule has 0 amide bonds. The number of nitriles is 3. The third kappa shape index (κ3) is 2.18. The summed E-state index contributed by atoms with van der Waals surface area (Å²) < 4.78 is 0. The van der Waals surface area contributed by atoms with Gasteiger partial charge in [-0.15, -0.1) is 11.3 Å². The van der Waals surface area contributed by atoms with Crippen molar-refractivity contribution in [1.29, 1.82) is 21.2 Å². The van der Waals surface area contributed by atoms with E-state index < -0.39 is 11.3 Å². The molecule has 1 unspecified atom stereocenters. The highest BCUT2D eigenvalue weighted by Gasteiger charge is 2.58. The Bertz CT molecular complexity index is 830. The van der Waals surface area contributed by atoms with E-state index in [0.29, 0.717) is 0 Å². The second-order valence-electron chi connectivity index (χ2n) is 6.61. The van der Waals surface area contributed by atoms with Crippen molar-refractivity contribution < 1.29 is 4.90 Å². The van der Waals surface area contributed by atoms with Crippen molar-refractivity contribution in [2.45, 2.75) is 12.8 Å². The van der Waals surface area contributed by atoms with Crippen LogP contribution in [0.2, 0.25) is 0 Å². The van der Waals surface area contributed by atoms with Gasteiger partial charge in [-0.05, 0) is 30.7 Å². The summed E-state index contributed by atoms with van der Waals surface area (Å²) in [7, 11) is 2.08. The first-order valence-electron chi connectivity index (χ1n) is 7.87. The van der Waals surface area contributed by atoms with Gasteiger partial charge in [0.2, 0.25) is 0 Å². The van der Waals surface area contributed by atoms with Crippen LogP contribution in [0.15, 0.2) is 23.8 Å². The molecule has 1 fully saturated rings. The zero-order valence-corrected chi connectivity index (χ0v) is 14.4. The summed E-state index contributed by atoms with van der Waals surface area (Å²) in [4.78, 5) is 3.37. The summed E-state index contributed by atoms with van der Waals surface area (Å²) in [6.07, 6.45) is 2.04. The van der Waals surface area contributed by atoms with E-state index in [4.69, 9.17) is 5.41 Å². The molecule has 0 spiro atoms. The molecule has 3 rings (SSSR count). The number of thiophene rings is 1. The maximum absolute atomic E-state index is 9.88. The maximum atomic E-state index is 9.88. The Labute approximate surface area is 145 Å². The molecule has 5 nitrogen and oxygen atoms in total. The highest BCUT2D eigenvalue weighted by molar-refractivity contribution is 7.12. The minimum absolute atomic E-state index is 0.0603. The predicted molar refractivity (Wildman–Crippen MR) is 90.5 cm³/mol. The Morgan fingerprint density at radius 3 is 2.54 bits per heavy atom. The first-order chi connectivity index (χ1) is 11.5. The number of hydrogen-bond donors (Lipinski definition) is 2. The average molecular weight is 336 g/mol. The molecule has 1 aliphatic carbocycles. The summed E-state index contributed by atoms with van der Waals surface area (Å²) in [5.41, 5.74) is -0.712. The third-order valence-electron chi connectivity index (χ3n) is 5.15. The molecule has 2 heterocycles. The van der Waals surface area contributed by atoms with Gasteiger partial charge in [-0.25, -0.2) is 0 Å². The number of aryl methyl sites for hydroxylation is 1. The van der Waals surface area contributed by atoms with E-state index >= 15 is 0 Å². The van der Waals surface area contributed by atoms with Gasteiger partial charge < -0.3 is 10.3 Å². The van der Waals surface area contributed by atoms with Gasteiger partial charge in [0.1, 0.15) is 5.92 Å². The Hall–Kier alpha value is -2.46. The quantitative estimate of drug-likeness (QED) is 0.759. The largest absolute Gasteiger partial charge is 0.334 e. The lowest BCUT2D eigenvalue weighted by Crippen LogP contribution is -3.10. The Morgan fingerprint density at radius 1 is 1.29 bits per heavy atom. The van der Waals surface area contributed by atoms with E-state index in [0.717, 1.165) is 28.4 Å². The normalized spacial score (nSPS) is 31.1. The van der Waals surface area contributed by atoms with E-state index in [9.17, 15) is 15.8 Å². The molecule has 0 bridgehead atoms. The van der Waals surface area contributed by atoms with Crippen molar-refractivity contribution in [3.8, 4) is 18.2 Å². The van der Waals surface area contributed by atoms with Crippen molar-refractivity contribution in [2.75, 3.05) is 20.1 Å². The predicted octanol–water partition coefficient (Wildman–Crippen LogP) is 1.42. The van der Waals surface area contributed by atoms with E-state index in [1.807, 2.05) is 25.1 Å². The number of likely N-dealkylation sites (N-methyl/N-ethyl adjacent to an activating group) is 1. The van der Waals surface area contributed by atoms with Crippen molar-refractivity contribution in [3.05, 3.63) is 33.5 Å². The van der Waals surface area contributed by atoms with Crippen LogP contribution in [-0.4, -0.2) is 25.8 Å². The van der Waals surface area contributed by atoms with E-state index in [2.05, 4.69) is 25.3 Å². The summed E-state index contributed by atoms with van der Waals surface area (Å²) in [5, 5.41) is 37.8. The number of rotatable bonds is 1. The van der Waals surface area contributed by atoms with Gasteiger partial charge in [0.15, 0.2) is 5.41 Å². The van der Waals surface area contributed by atoms with Crippen LogP contribution >= 0.6 is 11.3 Å². The van der Waals surface area contributed by atoms with Crippen molar-refractivity contribution >= 4 is 17.0 Å². The summed E-state index contributed by atoms with van der Waals surface area (Å²) in [6, 6.07) is 10.4. The molecule has 1 aliphatic heterocycles.